The van der Waals surface area contributed by atoms with Gasteiger partial charge in [-0.25, -0.2) is 0 Å². The molecule has 0 rings (SSSR count). The maximum Gasteiger partial charge on any atom is 0.248 e. The Morgan fingerprint density at radius 3 is 2.38 bits per heavy atom. The fourth-order valence-corrected chi connectivity index (χ4v) is 0.600. The molecule has 4 N–H and O–H groups in total. The van der Waals surface area contributed by atoms with E-state index in [-0.39, 0.29) is 18.7 Å². The number of nitrogens with two attached hydrogens (primary N) is 1. The Bertz CT molecular complexity index is 227. The monoisotopic (exact) mass is 188 g/mol. The highest BCUT2D eigenvalue weighted by atomic mass is 16.3. The van der Waals surface area contributed by atoms with E-state index in [2.05, 4.69) is 5.32 Å². The largest absolute Gasteiger partial charge is 0.381 e. The number of carbonyl (C=O) groups excluding carboxylic acids is 3. The molecular formula is C7H12N2O4. The lowest BCUT2D eigenvalue weighted by Gasteiger charge is -2.06. The van der Waals surface area contributed by atoms with Crippen molar-refractivity contribution in [2.45, 2.75) is 19.4 Å². The Morgan fingerprint density at radius 1 is 1.46 bits per heavy atom. The number of ketones is 1. The predicted molar refractivity (Wildman–Crippen MR) is 43.5 cm³/mol. The average Bonchev–Trinajstić information content (AvgIpc) is 1.98. The fraction of sp³-hybridized carbons (Fsp3) is 0.571. The van der Waals surface area contributed by atoms with Crippen LogP contribution >= 0.6 is 0 Å². The van der Waals surface area contributed by atoms with Gasteiger partial charge in [-0.1, -0.05) is 0 Å². The molecule has 2 amide bonds. The summed E-state index contributed by atoms with van der Waals surface area (Å²) in [6.07, 6.45) is -1.67. The molecule has 0 aromatic heterocycles. The zero-order valence-corrected chi connectivity index (χ0v) is 7.24. The molecule has 0 saturated carbocycles. The molecule has 6 heteroatoms. The van der Waals surface area contributed by atoms with Gasteiger partial charge in [0.2, 0.25) is 11.8 Å². The molecule has 0 radical (unpaired) electrons. The molecule has 0 aromatic carbocycles. The molecule has 0 bridgehead atoms. The third-order valence-corrected chi connectivity index (χ3v) is 1.23. The number of hydrogen-bond donors (Lipinski definition) is 3. The molecule has 0 aliphatic heterocycles. The van der Waals surface area contributed by atoms with Gasteiger partial charge < -0.3 is 16.2 Å². The summed E-state index contributed by atoms with van der Waals surface area (Å²) in [5, 5.41) is 11.0. The van der Waals surface area contributed by atoms with Crippen LogP contribution in [-0.4, -0.2) is 35.4 Å². The summed E-state index contributed by atoms with van der Waals surface area (Å²) in [5.74, 6) is -1.73. The van der Waals surface area contributed by atoms with E-state index >= 15 is 0 Å². The lowest BCUT2D eigenvalue weighted by Crippen LogP contribution is -2.40. The SMILES string of the molecule is CC(=O)CC(=O)NCC(O)C(N)=O. The second-order valence-electron chi connectivity index (χ2n) is 2.60. The number of rotatable bonds is 5. The van der Waals surface area contributed by atoms with Gasteiger partial charge in [0.1, 0.15) is 11.9 Å². The third-order valence-electron chi connectivity index (χ3n) is 1.23. The van der Waals surface area contributed by atoms with Crippen LogP contribution in [0.25, 0.3) is 0 Å². The van der Waals surface area contributed by atoms with Crippen LogP contribution in [0.15, 0.2) is 0 Å². The van der Waals surface area contributed by atoms with Crippen molar-refractivity contribution in [3.8, 4) is 0 Å². The number of hydrogen-bond acceptors (Lipinski definition) is 4. The summed E-state index contributed by atoms with van der Waals surface area (Å²) in [6.45, 7) is 1.01. The summed E-state index contributed by atoms with van der Waals surface area (Å²) < 4.78 is 0. The summed E-state index contributed by atoms with van der Waals surface area (Å²) in [5.41, 5.74) is 4.72. The highest BCUT2D eigenvalue weighted by molar-refractivity contribution is 5.96. The quantitative estimate of drug-likeness (QED) is 0.430. The molecule has 13 heavy (non-hydrogen) atoms. The molecule has 0 fully saturated rings. The number of Topliss-reactive ketones (excluding diaryl/α,β-unsaturated/α-hetero) is 1. The van der Waals surface area contributed by atoms with E-state index in [1.165, 1.54) is 6.92 Å². The van der Waals surface area contributed by atoms with Crippen LogP contribution in [0.3, 0.4) is 0 Å². The first-order valence-electron chi connectivity index (χ1n) is 3.67. The Balaban J connectivity index is 3.70. The van der Waals surface area contributed by atoms with Gasteiger partial charge in [-0.05, 0) is 6.92 Å². The van der Waals surface area contributed by atoms with Crippen molar-refractivity contribution in [1.29, 1.82) is 0 Å². The number of aliphatic hydroxyl groups is 1. The minimum Gasteiger partial charge on any atom is -0.381 e. The Morgan fingerprint density at radius 2 is 2.00 bits per heavy atom. The number of primary amides is 1. The molecule has 0 aliphatic rings. The maximum atomic E-state index is 10.8. The summed E-state index contributed by atoms with van der Waals surface area (Å²) >= 11 is 0. The van der Waals surface area contributed by atoms with Gasteiger partial charge in [0.25, 0.3) is 0 Å². The first kappa shape index (κ1) is 11.6. The van der Waals surface area contributed by atoms with E-state index in [1.807, 2.05) is 0 Å². The molecule has 1 atom stereocenters. The molecule has 6 nitrogen and oxygen atoms in total. The van der Waals surface area contributed by atoms with Crippen LogP contribution in [0.1, 0.15) is 13.3 Å². The molecule has 0 heterocycles. The van der Waals surface area contributed by atoms with E-state index in [0.717, 1.165) is 0 Å². The second-order valence-corrected chi connectivity index (χ2v) is 2.60. The molecular weight excluding hydrogens is 176 g/mol. The first-order valence-corrected chi connectivity index (χ1v) is 3.67. The van der Waals surface area contributed by atoms with Gasteiger partial charge in [-0.3, -0.25) is 14.4 Å². The Hall–Kier alpha value is -1.43. The minimum absolute atomic E-state index is 0.258. The zero-order valence-electron chi connectivity index (χ0n) is 7.24. The highest BCUT2D eigenvalue weighted by Crippen LogP contribution is 1.83. The first-order chi connectivity index (χ1) is 5.93. The number of amides is 2. The lowest BCUT2D eigenvalue weighted by molar-refractivity contribution is -0.128. The predicted octanol–water partition coefficient (Wildman–Crippen LogP) is -2.07. The molecule has 0 aliphatic carbocycles. The molecule has 74 valence electrons. The second kappa shape index (κ2) is 5.26. The molecule has 0 aromatic rings. The van der Waals surface area contributed by atoms with Gasteiger partial charge in [0.05, 0.1) is 13.0 Å². The van der Waals surface area contributed by atoms with Gasteiger partial charge in [0.15, 0.2) is 0 Å². The van der Waals surface area contributed by atoms with E-state index in [0.29, 0.717) is 0 Å². The maximum absolute atomic E-state index is 10.8. The van der Waals surface area contributed by atoms with Gasteiger partial charge >= 0.3 is 0 Å². The van der Waals surface area contributed by atoms with Gasteiger partial charge in [-0.2, -0.15) is 0 Å². The summed E-state index contributed by atoms with van der Waals surface area (Å²) in [4.78, 5) is 31.5. The highest BCUT2D eigenvalue weighted by Gasteiger charge is 2.12. The van der Waals surface area contributed by atoms with Crippen molar-refractivity contribution >= 4 is 17.6 Å². The van der Waals surface area contributed by atoms with Crippen molar-refractivity contribution in [2.75, 3.05) is 6.54 Å². The van der Waals surface area contributed by atoms with E-state index in [1.54, 1.807) is 0 Å². The molecule has 0 spiro atoms. The number of aliphatic hydroxyl groups excluding tert-OH is 1. The third kappa shape index (κ3) is 5.80. The van der Waals surface area contributed by atoms with E-state index in [9.17, 15) is 14.4 Å². The standard InChI is InChI=1S/C7H12N2O4/c1-4(10)2-6(12)9-3-5(11)7(8)13/h5,11H,2-3H2,1H3,(H2,8,13)(H,9,12). The van der Waals surface area contributed by atoms with Crippen LogP contribution in [0.4, 0.5) is 0 Å². The summed E-state index contributed by atoms with van der Waals surface area (Å²) in [7, 11) is 0. The van der Waals surface area contributed by atoms with Crippen molar-refractivity contribution in [1.82, 2.24) is 5.32 Å². The Labute approximate surface area is 75.1 Å². The van der Waals surface area contributed by atoms with Crippen LogP contribution in [0, 0.1) is 0 Å². The van der Waals surface area contributed by atoms with Crippen LogP contribution in [-0.2, 0) is 14.4 Å². The van der Waals surface area contributed by atoms with Crippen LogP contribution < -0.4 is 11.1 Å². The normalized spacial score (nSPS) is 11.8. The average molecular weight is 188 g/mol. The molecule has 0 saturated heterocycles. The number of nitrogens with one attached hydrogen (secondary N) is 1. The topological polar surface area (TPSA) is 109 Å². The Kier molecular flexibility index (Phi) is 4.68. The van der Waals surface area contributed by atoms with Crippen LogP contribution in [0.5, 0.6) is 0 Å². The number of carbonyl (C=O) groups is 3. The van der Waals surface area contributed by atoms with Crippen molar-refractivity contribution < 1.29 is 19.5 Å². The van der Waals surface area contributed by atoms with Crippen molar-refractivity contribution in [3.63, 3.8) is 0 Å². The van der Waals surface area contributed by atoms with Crippen LogP contribution in [0.2, 0.25) is 0 Å². The lowest BCUT2D eigenvalue weighted by atomic mass is 10.3. The van der Waals surface area contributed by atoms with Crippen molar-refractivity contribution in [2.24, 2.45) is 5.73 Å². The van der Waals surface area contributed by atoms with Crippen molar-refractivity contribution in [3.05, 3.63) is 0 Å². The van der Waals surface area contributed by atoms with Gasteiger partial charge in [0, 0.05) is 0 Å². The fourth-order valence-electron chi connectivity index (χ4n) is 0.600. The minimum atomic E-state index is -1.41. The van der Waals surface area contributed by atoms with Gasteiger partial charge in [-0.15, -0.1) is 0 Å². The van der Waals surface area contributed by atoms with E-state index in [4.69, 9.17) is 10.8 Å². The van der Waals surface area contributed by atoms with E-state index < -0.39 is 17.9 Å². The summed E-state index contributed by atoms with van der Waals surface area (Å²) in [6, 6.07) is 0. The zero-order chi connectivity index (χ0) is 10.4. The molecule has 1 unspecified atom stereocenters. The smallest absolute Gasteiger partial charge is 0.248 e.